The van der Waals surface area contributed by atoms with Gasteiger partial charge in [-0.1, -0.05) is 13.8 Å². The van der Waals surface area contributed by atoms with E-state index < -0.39 is 5.97 Å². The van der Waals surface area contributed by atoms with Crippen molar-refractivity contribution in [3.05, 3.63) is 11.8 Å². The van der Waals surface area contributed by atoms with Gasteiger partial charge in [-0.3, -0.25) is 4.79 Å². The predicted molar refractivity (Wildman–Crippen MR) is 47.0 cm³/mol. The number of hydrogen-bond acceptors (Lipinski definition) is 4. The maximum atomic E-state index is 11.4. The molecule has 0 heterocycles. The summed E-state index contributed by atoms with van der Waals surface area (Å²) in [5.74, 6) is -1.20. The number of ether oxygens (including phenoxy) is 2. The van der Waals surface area contributed by atoms with Gasteiger partial charge >= 0.3 is 5.97 Å². The highest BCUT2D eigenvalue weighted by molar-refractivity contribution is 6.17. The summed E-state index contributed by atoms with van der Waals surface area (Å²) in [4.78, 5) is 22.4. The minimum atomic E-state index is -0.666. The van der Waals surface area contributed by atoms with Crippen LogP contribution < -0.4 is 0 Å². The summed E-state index contributed by atoms with van der Waals surface area (Å²) in [6.45, 7) is 3.41. The first-order valence-corrected chi connectivity index (χ1v) is 3.90. The average molecular weight is 186 g/mol. The van der Waals surface area contributed by atoms with Crippen LogP contribution in [0.3, 0.4) is 0 Å². The minimum absolute atomic E-state index is 0.0556. The second-order valence-electron chi connectivity index (χ2n) is 2.78. The first-order valence-electron chi connectivity index (χ1n) is 3.90. The molecule has 0 spiro atoms. The molecular weight excluding hydrogens is 172 g/mol. The molecule has 0 rings (SSSR count). The molecule has 0 aromatic heterocycles. The SMILES string of the molecule is COC=C(C(=O)OC)C(=O)C(C)C. The lowest BCUT2D eigenvalue weighted by Crippen LogP contribution is -2.19. The maximum Gasteiger partial charge on any atom is 0.344 e. The van der Waals surface area contributed by atoms with Crippen molar-refractivity contribution in [2.75, 3.05) is 14.2 Å². The van der Waals surface area contributed by atoms with Crippen molar-refractivity contribution in [1.29, 1.82) is 0 Å². The van der Waals surface area contributed by atoms with Crippen LogP contribution in [0.4, 0.5) is 0 Å². The Morgan fingerprint density at radius 1 is 1.23 bits per heavy atom. The highest BCUT2D eigenvalue weighted by atomic mass is 16.5. The lowest BCUT2D eigenvalue weighted by Gasteiger charge is -2.06. The Hall–Kier alpha value is -1.32. The van der Waals surface area contributed by atoms with E-state index in [1.54, 1.807) is 13.8 Å². The minimum Gasteiger partial charge on any atom is -0.503 e. The molecule has 0 fully saturated rings. The van der Waals surface area contributed by atoms with Gasteiger partial charge in [0.25, 0.3) is 0 Å². The Morgan fingerprint density at radius 2 is 1.77 bits per heavy atom. The molecule has 0 amide bonds. The van der Waals surface area contributed by atoms with E-state index in [0.717, 1.165) is 6.26 Å². The van der Waals surface area contributed by atoms with Crippen LogP contribution in [0.25, 0.3) is 0 Å². The lowest BCUT2D eigenvalue weighted by atomic mass is 10.0. The first kappa shape index (κ1) is 11.7. The molecule has 4 nitrogen and oxygen atoms in total. The van der Waals surface area contributed by atoms with Crippen molar-refractivity contribution in [2.45, 2.75) is 13.8 Å². The number of hydrogen-bond donors (Lipinski definition) is 0. The van der Waals surface area contributed by atoms with E-state index in [2.05, 4.69) is 9.47 Å². The normalized spacial score (nSPS) is 11.3. The fraction of sp³-hybridized carbons (Fsp3) is 0.556. The van der Waals surface area contributed by atoms with Crippen LogP contribution in [-0.4, -0.2) is 26.0 Å². The second-order valence-corrected chi connectivity index (χ2v) is 2.78. The Kier molecular flexibility index (Phi) is 4.80. The van der Waals surface area contributed by atoms with Gasteiger partial charge < -0.3 is 9.47 Å². The number of carbonyl (C=O) groups is 2. The molecular formula is C9H14O4. The summed E-state index contributed by atoms with van der Waals surface area (Å²) in [5.41, 5.74) is -0.0556. The molecule has 0 aliphatic carbocycles. The Morgan fingerprint density at radius 3 is 2.08 bits per heavy atom. The van der Waals surface area contributed by atoms with E-state index in [1.807, 2.05) is 0 Å². The molecule has 0 bridgehead atoms. The molecule has 4 heteroatoms. The molecule has 0 unspecified atom stereocenters. The monoisotopic (exact) mass is 186 g/mol. The van der Waals surface area contributed by atoms with Gasteiger partial charge in [-0.2, -0.15) is 0 Å². The standard InChI is InChI=1S/C9H14O4/c1-6(2)8(10)7(5-12-3)9(11)13-4/h5-6H,1-4H3. The Labute approximate surface area is 77.5 Å². The van der Waals surface area contributed by atoms with Crippen LogP contribution in [0.2, 0.25) is 0 Å². The van der Waals surface area contributed by atoms with Crippen molar-refractivity contribution in [3.63, 3.8) is 0 Å². The fourth-order valence-corrected chi connectivity index (χ4v) is 0.746. The van der Waals surface area contributed by atoms with Gasteiger partial charge in [0.05, 0.1) is 14.2 Å². The van der Waals surface area contributed by atoms with Crippen LogP contribution >= 0.6 is 0 Å². The third kappa shape index (κ3) is 3.27. The number of esters is 1. The van der Waals surface area contributed by atoms with E-state index in [9.17, 15) is 9.59 Å². The van der Waals surface area contributed by atoms with Gasteiger partial charge in [-0.15, -0.1) is 0 Å². The van der Waals surface area contributed by atoms with Crippen molar-refractivity contribution in [2.24, 2.45) is 5.92 Å². The van der Waals surface area contributed by atoms with Crippen LogP contribution in [0.15, 0.2) is 11.8 Å². The van der Waals surface area contributed by atoms with E-state index in [4.69, 9.17) is 0 Å². The lowest BCUT2D eigenvalue weighted by molar-refractivity contribution is -0.138. The molecule has 0 N–H and O–H groups in total. The van der Waals surface area contributed by atoms with E-state index >= 15 is 0 Å². The van der Waals surface area contributed by atoms with Crippen LogP contribution in [0, 0.1) is 5.92 Å². The quantitative estimate of drug-likeness (QED) is 0.215. The zero-order valence-corrected chi connectivity index (χ0v) is 8.29. The molecule has 0 radical (unpaired) electrons. The summed E-state index contributed by atoms with van der Waals surface area (Å²) in [6.07, 6.45) is 1.11. The molecule has 13 heavy (non-hydrogen) atoms. The van der Waals surface area contributed by atoms with Crippen LogP contribution in [-0.2, 0) is 19.1 Å². The molecule has 0 aromatic rings. The second kappa shape index (κ2) is 5.35. The van der Waals surface area contributed by atoms with Crippen molar-refractivity contribution >= 4 is 11.8 Å². The number of carbonyl (C=O) groups excluding carboxylic acids is 2. The van der Waals surface area contributed by atoms with Crippen molar-refractivity contribution in [3.8, 4) is 0 Å². The van der Waals surface area contributed by atoms with Gasteiger partial charge in [0.2, 0.25) is 0 Å². The molecule has 0 saturated carbocycles. The zero-order chi connectivity index (χ0) is 10.4. The Bertz CT molecular complexity index is 228. The van der Waals surface area contributed by atoms with Crippen LogP contribution in [0.5, 0.6) is 0 Å². The van der Waals surface area contributed by atoms with Crippen molar-refractivity contribution in [1.82, 2.24) is 0 Å². The molecule has 0 aliphatic rings. The van der Waals surface area contributed by atoms with Gasteiger partial charge in [0, 0.05) is 5.92 Å². The zero-order valence-electron chi connectivity index (χ0n) is 8.29. The molecule has 0 aromatic carbocycles. The number of methoxy groups -OCH3 is 2. The molecule has 0 atom stereocenters. The molecule has 0 aliphatic heterocycles. The third-order valence-corrected chi connectivity index (χ3v) is 1.43. The Balaban J connectivity index is 4.72. The van der Waals surface area contributed by atoms with Crippen molar-refractivity contribution < 1.29 is 19.1 Å². The number of rotatable bonds is 4. The maximum absolute atomic E-state index is 11.4. The van der Waals surface area contributed by atoms with Gasteiger partial charge in [0.15, 0.2) is 5.78 Å². The number of Topliss-reactive ketones (excluding diaryl/α,β-unsaturated/α-hetero) is 1. The average Bonchev–Trinajstić information content (AvgIpc) is 2.11. The van der Waals surface area contributed by atoms with E-state index in [-0.39, 0.29) is 17.3 Å². The summed E-state index contributed by atoms with van der Waals surface area (Å²) >= 11 is 0. The third-order valence-electron chi connectivity index (χ3n) is 1.43. The fourth-order valence-electron chi connectivity index (χ4n) is 0.746. The van der Waals surface area contributed by atoms with Gasteiger partial charge in [-0.25, -0.2) is 4.79 Å². The van der Waals surface area contributed by atoms with E-state index in [1.165, 1.54) is 14.2 Å². The topological polar surface area (TPSA) is 52.6 Å². The van der Waals surface area contributed by atoms with E-state index in [0.29, 0.717) is 0 Å². The number of ketones is 1. The first-order chi connectivity index (χ1) is 6.04. The smallest absolute Gasteiger partial charge is 0.344 e. The largest absolute Gasteiger partial charge is 0.503 e. The highest BCUT2D eigenvalue weighted by Crippen LogP contribution is 2.07. The highest BCUT2D eigenvalue weighted by Gasteiger charge is 2.21. The molecule has 74 valence electrons. The summed E-state index contributed by atoms with van der Waals surface area (Å²) in [6, 6.07) is 0. The van der Waals surface area contributed by atoms with Gasteiger partial charge in [0.1, 0.15) is 11.8 Å². The van der Waals surface area contributed by atoms with Gasteiger partial charge in [-0.05, 0) is 0 Å². The molecule has 0 saturated heterocycles. The summed E-state index contributed by atoms with van der Waals surface area (Å²) in [7, 11) is 2.59. The summed E-state index contributed by atoms with van der Waals surface area (Å²) in [5, 5.41) is 0. The van der Waals surface area contributed by atoms with Crippen LogP contribution in [0.1, 0.15) is 13.8 Å². The summed E-state index contributed by atoms with van der Waals surface area (Å²) < 4.78 is 9.04. The predicted octanol–water partition coefficient (Wildman–Crippen LogP) is 0.915.